The minimum Gasteiger partial charge on any atom is -0.474 e. The molecular weight excluding hydrogens is 212 g/mol. The second-order valence-electron chi connectivity index (χ2n) is 6.20. The van der Waals surface area contributed by atoms with Crippen LogP contribution in [0.1, 0.15) is 45.9 Å². The van der Waals surface area contributed by atoms with Crippen molar-refractivity contribution in [2.45, 2.75) is 45.6 Å². The van der Waals surface area contributed by atoms with Gasteiger partial charge in [-0.25, -0.2) is 4.99 Å². The van der Waals surface area contributed by atoms with Gasteiger partial charge in [0.05, 0.1) is 5.54 Å². The van der Waals surface area contributed by atoms with E-state index in [2.05, 4.69) is 50.7 Å². The molecule has 0 saturated carbocycles. The molecule has 2 rings (SSSR count). The van der Waals surface area contributed by atoms with E-state index < -0.39 is 0 Å². The SMILES string of the molecule is CC1(C)COC(c2cc(C(C)(C)C)ccn2)=N1. The number of pyridine rings is 1. The van der Waals surface area contributed by atoms with Crippen molar-refractivity contribution in [3.8, 4) is 0 Å². The monoisotopic (exact) mass is 232 g/mol. The molecule has 3 heteroatoms. The van der Waals surface area contributed by atoms with Crippen LogP contribution < -0.4 is 0 Å². The van der Waals surface area contributed by atoms with Crippen LogP contribution in [0, 0.1) is 0 Å². The van der Waals surface area contributed by atoms with Crippen molar-refractivity contribution in [2.75, 3.05) is 6.61 Å². The van der Waals surface area contributed by atoms with E-state index in [9.17, 15) is 0 Å². The summed E-state index contributed by atoms with van der Waals surface area (Å²) in [4.78, 5) is 8.89. The normalized spacial score (nSPS) is 18.8. The topological polar surface area (TPSA) is 34.5 Å². The van der Waals surface area contributed by atoms with Gasteiger partial charge in [0.15, 0.2) is 0 Å². The summed E-state index contributed by atoms with van der Waals surface area (Å²) in [6.07, 6.45) is 1.83. The summed E-state index contributed by atoms with van der Waals surface area (Å²) in [6, 6.07) is 4.12. The molecule has 1 aliphatic heterocycles. The van der Waals surface area contributed by atoms with Gasteiger partial charge in [0.25, 0.3) is 0 Å². The molecule has 0 amide bonds. The molecular formula is C14H20N2O. The Morgan fingerprint density at radius 2 is 2.00 bits per heavy atom. The molecule has 1 aliphatic rings. The van der Waals surface area contributed by atoms with Crippen LogP contribution in [0.4, 0.5) is 0 Å². The summed E-state index contributed by atoms with van der Waals surface area (Å²) < 4.78 is 5.61. The molecule has 92 valence electrons. The minimum atomic E-state index is -0.130. The third-order valence-electron chi connectivity index (χ3n) is 2.81. The van der Waals surface area contributed by atoms with Crippen LogP contribution in [-0.4, -0.2) is 23.0 Å². The first-order valence-electron chi connectivity index (χ1n) is 5.97. The van der Waals surface area contributed by atoms with E-state index in [-0.39, 0.29) is 11.0 Å². The van der Waals surface area contributed by atoms with E-state index >= 15 is 0 Å². The molecule has 0 spiro atoms. The molecule has 0 atom stereocenters. The van der Waals surface area contributed by atoms with Crippen LogP contribution in [-0.2, 0) is 10.2 Å². The lowest BCUT2D eigenvalue weighted by atomic mass is 9.87. The molecule has 0 N–H and O–H groups in total. The smallest absolute Gasteiger partial charge is 0.236 e. The van der Waals surface area contributed by atoms with Crippen molar-refractivity contribution in [2.24, 2.45) is 4.99 Å². The quantitative estimate of drug-likeness (QED) is 0.746. The Morgan fingerprint density at radius 3 is 2.53 bits per heavy atom. The van der Waals surface area contributed by atoms with Crippen molar-refractivity contribution in [1.82, 2.24) is 4.98 Å². The highest BCUT2D eigenvalue weighted by Crippen LogP contribution is 2.24. The Balaban J connectivity index is 2.36. The lowest BCUT2D eigenvalue weighted by Crippen LogP contribution is -2.17. The van der Waals surface area contributed by atoms with Crippen LogP contribution in [0.2, 0.25) is 0 Å². The van der Waals surface area contributed by atoms with E-state index in [1.807, 2.05) is 12.3 Å². The zero-order valence-electron chi connectivity index (χ0n) is 11.2. The molecule has 0 aromatic carbocycles. The van der Waals surface area contributed by atoms with Gasteiger partial charge in [0.1, 0.15) is 12.3 Å². The Morgan fingerprint density at radius 1 is 1.29 bits per heavy atom. The van der Waals surface area contributed by atoms with Crippen molar-refractivity contribution in [3.63, 3.8) is 0 Å². The van der Waals surface area contributed by atoms with E-state index in [0.29, 0.717) is 12.5 Å². The summed E-state index contributed by atoms with van der Waals surface area (Å²) in [7, 11) is 0. The molecule has 0 unspecified atom stereocenters. The van der Waals surface area contributed by atoms with Crippen LogP contribution in [0.25, 0.3) is 0 Å². The highest BCUT2D eigenvalue weighted by molar-refractivity contribution is 5.93. The predicted molar refractivity (Wildman–Crippen MR) is 69.5 cm³/mol. The van der Waals surface area contributed by atoms with Gasteiger partial charge < -0.3 is 4.74 Å². The summed E-state index contributed by atoms with van der Waals surface area (Å²) in [6.45, 7) is 11.3. The van der Waals surface area contributed by atoms with Gasteiger partial charge >= 0.3 is 0 Å². The molecule has 0 aliphatic carbocycles. The number of hydrogen-bond donors (Lipinski definition) is 0. The van der Waals surface area contributed by atoms with Crippen LogP contribution in [0.5, 0.6) is 0 Å². The van der Waals surface area contributed by atoms with E-state index in [4.69, 9.17) is 4.74 Å². The van der Waals surface area contributed by atoms with Gasteiger partial charge in [-0.15, -0.1) is 0 Å². The molecule has 1 aromatic heterocycles. The van der Waals surface area contributed by atoms with Gasteiger partial charge in [0, 0.05) is 6.20 Å². The Bertz CT molecular complexity index is 456. The summed E-state index contributed by atoms with van der Waals surface area (Å²) in [5.41, 5.74) is 2.07. The van der Waals surface area contributed by atoms with Gasteiger partial charge in [-0.05, 0) is 37.0 Å². The summed E-state index contributed by atoms with van der Waals surface area (Å²) in [5, 5.41) is 0. The summed E-state index contributed by atoms with van der Waals surface area (Å²) in [5.74, 6) is 0.668. The van der Waals surface area contributed by atoms with Crippen molar-refractivity contribution in [3.05, 3.63) is 29.6 Å². The lowest BCUT2D eigenvalue weighted by molar-refractivity contribution is 0.279. The maximum atomic E-state index is 5.61. The highest BCUT2D eigenvalue weighted by Gasteiger charge is 2.28. The maximum Gasteiger partial charge on any atom is 0.236 e. The fourth-order valence-corrected chi connectivity index (χ4v) is 1.73. The average Bonchev–Trinajstić information content (AvgIpc) is 2.58. The zero-order chi connectivity index (χ0) is 12.7. The molecule has 2 heterocycles. The van der Waals surface area contributed by atoms with Crippen molar-refractivity contribution >= 4 is 5.90 Å². The number of aliphatic imine (C=N–C) groups is 1. The summed E-state index contributed by atoms with van der Waals surface area (Å²) >= 11 is 0. The number of aromatic nitrogens is 1. The highest BCUT2D eigenvalue weighted by atomic mass is 16.5. The van der Waals surface area contributed by atoms with Crippen molar-refractivity contribution < 1.29 is 4.74 Å². The first-order chi connectivity index (χ1) is 7.78. The largest absolute Gasteiger partial charge is 0.474 e. The molecule has 0 radical (unpaired) electrons. The number of rotatable bonds is 1. The van der Waals surface area contributed by atoms with Gasteiger partial charge in [-0.1, -0.05) is 20.8 Å². The van der Waals surface area contributed by atoms with Crippen LogP contribution in [0.3, 0.4) is 0 Å². The Hall–Kier alpha value is -1.38. The first kappa shape index (κ1) is 12.1. The molecule has 17 heavy (non-hydrogen) atoms. The van der Waals surface area contributed by atoms with E-state index in [1.54, 1.807) is 0 Å². The van der Waals surface area contributed by atoms with Crippen LogP contribution in [0.15, 0.2) is 23.3 Å². The number of nitrogens with zero attached hydrogens (tertiary/aromatic N) is 2. The predicted octanol–water partition coefficient (Wildman–Crippen LogP) is 2.93. The number of hydrogen-bond acceptors (Lipinski definition) is 3. The van der Waals surface area contributed by atoms with Crippen LogP contribution >= 0.6 is 0 Å². The van der Waals surface area contributed by atoms with Gasteiger partial charge in [0.2, 0.25) is 5.90 Å². The molecule has 0 fully saturated rings. The molecule has 1 aromatic rings. The Kier molecular flexibility index (Phi) is 2.72. The van der Waals surface area contributed by atoms with E-state index in [1.165, 1.54) is 5.56 Å². The van der Waals surface area contributed by atoms with E-state index in [0.717, 1.165) is 5.69 Å². The van der Waals surface area contributed by atoms with Crippen molar-refractivity contribution in [1.29, 1.82) is 0 Å². The fraction of sp³-hybridized carbons (Fsp3) is 0.571. The zero-order valence-corrected chi connectivity index (χ0v) is 11.2. The maximum absolute atomic E-state index is 5.61. The first-order valence-corrected chi connectivity index (χ1v) is 5.97. The third-order valence-corrected chi connectivity index (χ3v) is 2.81. The van der Waals surface area contributed by atoms with Gasteiger partial charge in [-0.3, -0.25) is 4.98 Å². The second kappa shape index (κ2) is 3.83. The number of ether oxygens (including phenoxy) is 1. The van der Waals surface area contributed by atoms with Gasteiger partial charge in [-0.2, -0.15) is 0 Å². The fourth-order valence-electron chi connectivity index (χ4n) is 1.73. The lowest BCUT2D eigenvalue weighted by Gasteiger charge is -2.19. The molecule has 3 nitrogen and oxygen atoms in total. The third kappa shape index (κ3) is 2.65. The Labute approximate surface area is 103 Å². The second-order valence-corrected chi connectivity index (χ2v) is 6.20. The standard InChI is InChI=1S/C14H20N2O/c1-13(2,3)10-6-7-15-11(8-10)12-16-14(4,5)9-17-12/h6-8H,9H2,1-5H3. The molecule has 0 bridgehead atoms. The average molecular weight is 232 g/mol. The minimum absolute atomic E-state index is 0.117. The molecule has 0 saturated heterocycles.